The van der Waals surface area contributed by atoms with E-state index in [4.69, 9.17) is 5.11 Å². The lowest BCUT2D eigenvalue weighted by atomic mass is 9.82. The summed E-state index contributed by atoms with van der Waals surface area (Å²) in [6.45, 7) is 19.0. The van der Waals surface area contributed by atoms with Crippen molar-refractivity contribution in [1.82, 2.24) is 4.98 Å². The molecule has 1 aliphatic heterocycles. The van der Waals surface area contributed by atoms with Crippen molar-refractivity contribution in [2.45, 2.75) is 93.4 Å². The van der Waals surface area contributed by atoms with Gasteiger partial charge in [-0.25, -0.2) is 0 Å². The van der Waals surface area contributed by atoms with Crippen LogP contribution in [0.3, 0.4) is 0 Å². The van der Waals surface area contributed by atoms with E-state index in [-0.39, 0.29) is 11.8 Å². The van der Waals surface area contributed by atoms with Crippen LogP contribution in [0, 0.1) is 19.3 Å². The van der Waals surface area contributed by atoms with Crippen LogP contribution in [0.2, 0.25) is 0 Å². The van der Waals surface area contributed by atoms with Gasteiger partial charge in [-0.05, 0) is 70.6 Å². The Morgan fingerprint density at radius 1 is 1.00 bits per heavy atom. The van der Waals surface area contributed by atoms with Crippen LogP contribution in [0.4, 0.5) is 18.9 Å². The van der Waals surface area contributed by atoms with Gasteiger partial charge in [-0.3, -0.25) is 9.78 Å². The minimum atomic E-state index is -4.37. The van der Waals surface area contributed by atoms with E-state index < -0.39 is 23.3 Å². The molecular formula is C31H45F3N2O3. The molecule has 39 heavy (non-hydrogen) atoms. The number of carboxylic acid groups (broad SMARTS) is 1. The van der Waals surface area contributed by atoms with Crippen molar-refractivity contribution in [3.05, 3.63) is 57.9 Å². The summed E-state index contributed by atoms with van der Waals surface area (Å²) in [5.74, 6) is -0.921. The van der Waals surface area contributed by atoms with Gasteiger partial charge >= 0.3 is 12.1 Å². The van der Waals surface area contributed by atoms with Crippen LogP contribution in [-0.4, -0.2) is 39.9 Å². The molecule has 8 heteroatoms. The van der Waals surface area contributed by atoms with E-state index in [1.807, 2.05) is 33.8 Å². The quantitative estimate of drug-likeness (QED) is 0.395. The number of alkyl halides is 3. The van der Waals surface area contributed by atoms with Gasteiger partial charge in [0.1, 0.15) is 0 Å². The number of aromatic nitrogens is 1. The van der Waals surface area contributed by atoms with Crippen LogP contribution in [0.1, 0.15) is 94.9 Å². The third-order valence-electron chi connectivity index (χ3n) is 6.14. The molecule has 218 valence electrons. The zero-order chi connectivity index (χ0) is 30.2. The SMILES string of the molecule is CC.CC(C)(C)O.Cc1nc(C)c(CC(=O)O)c(N2CCC(C)(C)CC2)c1/C=C/c1ccc(C(F)(F)F)cc1. The standard InChI is InChI=1S/C25H29F3N2O2.C4H10O.C2H6/c1-16-20(10-7-18-5-8-19(9-6-18)25(26,27)28)23(21(15-22(31)32)17(2)29-16)30-13-11-24(3,4)12-14-30;1-4(2,3)5;1-2/h5-10H,11-15H2,1-4H3,(H,31,32);5H,1-3H3;1-2H3/b10-7+;;. The second-order valence-electron chi connectivity index (χ2n) is 11.4. The smallest absolute Gasteiger partial charge is 0.416 e. The maximum Gasteiger partial charge on any atom is 0.416 e. The number of aliphatic carboxylic acids is 1. The lowest BCUT2D eigenvalue weighted by molar-refractivity contribution is -0.138. The average molecular weight is 551 g/mol. The summed E-state index contributed by atoms with van der Waals surface area (Å²) in [6, 6.07) is 4.97. The number of halogens is 3. The Labute approximate surface area is 231 Å². The number of aliphatic hydroxyl groups is 1. The molecule has 0 amide bonds. The zero-order valence-corrected chi connectivity index (χ0v) is 24.8. The van der Waals surface area contributed by atoms with Gasteiger partial charge < -0.3 is 15.1 Å². The number of anilines is 1. The third kappa shape index (κ3) is 11.4. The number of hydrogen-bond acceptors (Lipinski definition) is 4. The fraction of sp³-hybridized carbons (Fsp3) is 0.548. The number of rotatable bonds is 5. The molecule has 0 bridgehead atoms. The highest BCUT2D eigenvalue weighted by Crippen LogP contribution is 2.38. The average Bonchev–Trinajstić information content (AvgIpc) is 2.80. The predicted octanol–water partition coefficient (Wildman–Crippen LogP) is 7.94. The number of pyridine rings is 1. The summed E-state index contributed by atoms with van der Waals surface area (Å²) in [6.07, 6.45) is 1.06. The van der Waals surface area contributed by atoms with E-state index in [0.29, 0.717) is 16.8 Å². The maximum atomic E-state index is 12.8. The molecule has 2 aromatic rings. The lowest BCUT2D eigenvalue weighted by Gasteiger charge is -2.40. The fourth-order valence-electron chi connectivity index (χ4n) is 4.11. The highest BCUT2D eigenvalue weighted by atomic mass is 19.4. The molecule has 5 nitrogen and oxygen atoms in total. The number of aryl methyl sites for hydroxylation is 2. The Morgan fingerprint density at radius 2 is 1.49 bits per heavy atom. The highest BCUT2D eigenvalue weighted by molar-refractivity contribution is 5.83. The van der Waals surface area contributed by atoms with E-state index >= 15 is 0 Å². The van der Waals surface area contributed by atoms with Gasteiger partial charge in [0.15, 0.2) is 0 Å². The first kappa shape index (κ1) is 34.2. The summed E-state index contributed by atoms with van der Waals surface area (Å²) in [7, 11) is 0. The predicted molar refractivity (Wildman–Crippen MR) is 154 cm³/mol. The molecule has 0 saturated carbocycles. The van der Waals surface area contributed by atoms with E-state index in [1.54, 1.807) is 26.8 Å². The fourth-order valence-corrected chi connectivity index (χ4v) is 4.11. The maximum absolute atomic E-state index is 12.8. The van der Waals surface area contributed by atoms with Crippen LogP contribution >= 0.6 is 0 Å². The second-order valence-corrected chi connectivity index (χ2v) is 11.4. The Bertz CT molecular complexity index is 1100. The monoisotopic (exact) mass is 550 g/mol. The summed E-state index contributed by atoms with van der Waals surface area (Å²) < 4.78 is 38.5. The molecule has 1 saturated heterocycles. The van der Waals surface area contributed by atoms with E-state index in [0.717, 1.165) is 55.0 Å². The first-order valence-electron chi connectivity index (χ1n) is 13.4. The van der Waals surface area contributed by atoms with Gasteiger partial charge in [-0.2, -0.15) is 13.2 Å². The molecule has 1 aromatic heterocycles. The van der Waals surface area contributed by atoms with Crippen LogP contribution < -0.4 is 4.90 Å². The Kier molecular flexibility index (Phi) is 12.2. The summed E-state index contributed by atoms with van der Waals surface area (Å²) in [5, 5.41) is 18.0. The number of carboxylic acids is 1. The Hall–Kier alpha value is -2.87. The largest absolute Gasteiger partial charge is 0.481 e. The minimum Gasteiger partial charge on any atom is -0.481 e. The molecule has 0 spiro atoms. The molecule has 0 radical (unpaired) electrons. The van der Waals surface area contributed by atoms with E-state index in [2.05, 4.69) is 23.7 Å². The first-order chi connectivity index (χ1) is 17.9. The molecule has 2 N–H and O–H groups in total. The van der Waals surface area contributed by atoms with Gasteiger partial charge in [0.25, 0.3) is 0 Å². The van der Waals surface area contributed by atoms with Crippen molar-refractivity contribution in [2.75, 3.05) is 18.0 Å². The van der Waals surface area contributed by atoms with Crippen LogP contribution in [0.5, 0.6) is 0 Å². The number of carbonyl (C=O) groups is 1. The van der Waals surface area contributed by atoms with Crippen molar-refractivity contribution in [1.29, 1.82) is 0 Å². The van der Waals surface area contributed by atoms with Gasteiger partial charge in [-0.1, -0.05) is 52.0 Å². The van der Waals surface area contributed by atoms with Crippen LogP contribution in [0.25, 0.3) is 12.2 Å². The summed E-state index contributed by atoms with van der Waals surface area (Å²) >= 11 is 0. The van der Waals surface area contributed by atoms with Crippen molar-refractivity contribution in [2.24, 2.45) is 5.41 Å². The van der Waals surface area contributed by atoms with Crippen LogP contribution in [-0.2, 0) is 17.4 Å². The zero-order valence-electron chi connectivity index (χ0n) is 24.8. The molecule has 1 aliphatic rings. The molecule has 3 rings (SSSR count). The van der Waals surface area contributed by atoms with E-state index in [9.17, 15) is 23.1 Å². The van der Waals surface area contributed by atoms with Gasteiger partial charge in [0, 0.05) is 35.6 Å². The molecular weight excluding hydrogens is 505 g/mol. The van der Waals surface area contributed by atoms with Crippen molar-refractivity contribution < 1.29 is 28.2 Å². The minimum absolute atomic E-state index is 0.130. The Balaban J connectivity index is 0.000000975. The number of benzene rings is 1. The van der Waals surface area contributed by atoms with E-state index in [1.165, 1.54) is 12.1 Å². The molecule has 0 unspecified atom stereocenters. The number of piperidine rings is 1. The molecule has 0 aliphatic carbocycles. The van der Waals surface area contributed by atoms with Gasteiger partial charge in [0.2, 0.25) is 0 Å². The summed E-state index contributed by atoms with van der Waals surface area (Å²) in [4.78, 5) is 18.4. The highest BCUT2D eigenvalue weighted by Gasteiger charge is 2.30. The van der Waals surface area contributed by atoms with Gasteiger partial charge in [-0.15, -0.1) is 0 Å². The summed E-state index contributed by atoms with van der Waals surface area (Å²) in [5.41, 5.74) is 3.50. The molecule has 0 atom stereocenters. The number of nitrogens with zero attached hydrogens (tertiary/aromatic N) is 2. The van der Waals surface area contributed by atoms with Gasteiger partial charge in [0.05, 0.1) is 23.3 Å². The lowest BCUT2D eigenvalue weighted by Crippen LogP contribution is -2.38. The molecule has 1 fully saturated rings. The second kappa shape index (κ2) is 14.0. The third-order valence-corrected chi connectivity index (χ3v) is 6.14. The van der Waals surface area contributed by atoms with Crippen molar-refractivity contribution in [3.8, 4) is 0 Å². The molecule has 2 heterocycles. The first-order valence-corrected chi connectivity index (χ1v) is 13.4. The topological polar surface area (TPSA) is 73.7 Å². The number of hydrogen-bond donors (Lipinski definition) is 2. The van der Waals surface area contributed by atoms with Crippen molar-refractivity contribution in [3.63, 3.8) is 0 Å². The Morgan fingerprint density at radius 3 is 1.92 bits per heavy atom. The molecule has 1 aromatic carbocycles. The van der Waals surface area contributed by atoms with Crippen molar-refractivity contribution >= 4 is 23.8 Å². The van der Waals surface area contributed by atoms with Crippen LogP contribution in [0.15, 0.2) is 24.3 Å². The normalized spacial score (nSPS) is 15.3.